The Kier molecular flexibility index (Phi) is 7.40. The number of nitrogens with one attached hydrogen (secondary N) is 5. The first kappa shape index (κ1) is 24.4. The van der Waals surface area contributed by atoms with E-state index in [1.165, 1.54) is 11.3 Å². The van der Waals surface area contributed by atoms with Crippen molar-refractivity contribution in [3.63, 3.8) is 0 Å². The molecule has 0 aliphatic heterocycles. The number of thiocarbonyl (C=S) groups is 2. The number of anilines is 6. The predicted octanol–water partition coefficient (Wildman–Crippen LogP) is 6.15. The highest BCUT2D eigenvalue weighted by Crippen LogP contribution is 2.27. The quantitative estimate of drug-likeness (QED) is 0.159. The average Bonchev–Trinajstić information content (AvgIpc) is 3.28. The van der Waals surface area contributed by atoms with E-state index in [2.05, 4.69) is 46.5 Å². The summed E-state index contributed by atoms with van der Waals surface area (Å²) in [5.41, 5.74) is 3.66. The van der Waals surface area contributed by atoms with Gasteiger partial charge in [-0.25, -0.2) is 4.98 Å². The van der Waals surface area contributed by atoms with Crippen LogP contribution in [0.4, 0.5) is 34.4 Å². The van der Waals surface area contributed by atoms with E-state index in [4.69, 9.17) is 24.4 Å². The van der Waals surface area contributed by atoms with Crippen LogP contribution in [-0.2, 0) is 0 Å². The maximum Gasteiger partial charge on any atom is 0.235 e. The van der Waals surface area contributed by atoms with Crippen LogP contribution in [0.1, 0.15) is 5.56 Å². The fraction of sp³-hybridized carbons (Fsp3) is 0.0400. The summed E-state index contributed by atoms with van der Waals surface area (Å²) in [7, 11) is 0. The van der Waals surface area contributed by atoms with E-state index >= 15 is 0 Å². The molecular weight excluding hydrogens is 523 g/mol. The number of para-hydroxylation sites is 3. The summed E-state index contributed by atoms with van der Waals surface area (Å²) in [5.74, 6) is 0.739. The van der Waals surface area contributed by atoms with Crippen LogP contribution in [0.2, 0.25) is 0 Å². The lowest BCUT2D eigenvalue weighted by molar-refractivity contribution is 1.07. The normalized spacial score (nSPS) is 10.5. The Morgan fingerprint density at radius 3 is 2.00 bits per heavy atom. The van der Waals surface area contributed by atoms with Gasteiger partial charge in [0.1, 0.15) is 0 Å². The van der Waals surface area contributed by atoms with Crippen molar-refractivity contribution < 1.29 is 0 Å². The van der Waals surface area contributed by atoms with Gasteiger partial charge in [0.2, 0.25) is 17.8 Å². The molecule has 12 heteroatoms. The number of thiazole rings is 1. The number of hydrogen-bond donors (Lipinski definition) is 5. The van der Waals surface area contributed by atoms with Crippen molar-refractivity contribution >= 4 is 90.6 Å². The molecule has 0 amide bonds. The Balaban J connectivity index is 1.38. The van der Waals surface area contributed by atoms with Crippen LogP contribution in [0, 0.1) is 6.92 Å². The molecule has 0 atom stereocenters. The average molecular weight is 544 g/mol. The highest BCUT2D eigenvalue weighted by atomic mass is 32.1. The molecule has 0 spiro atoms. The lowest BCUT2D eigenvalue weighted by atomic mass is 10.2. The fourth-order valence-electron chi connectivity index (χ4n) is 3.32. The molecule has 2 aromatic heterocycles. The number of hydrogen-bond acceptors (Lipinski definition) is 8. The van der Waals surface area contributed by atoms with Crippen LogP contribution < -0.4 is 26.6 Å². The van der Waals surface area contributed by atoms with E-state index in [1.807, 2.05) is 85.8 Å². The smallest absolute Gasteiger partial charge is 0.235 e. The van der Waals surface area contributed by atoms with Crippen molar-refractivity contribution in [2.75, 3.05) is 26.6 Å². The highest BCUT2D eigenvalue weighted by Gasteiger charge is 2.12. The third kappa shape index (κ3) is 6.50. The molecular formula is C25H21N9S3. The number of aromatic nitrogens is 4. The Morgan fingerprint density at radius 1 is 0.649 bits per heavy atom. The summed E-state index contributed by atoms with van der Waals surface area (Å²) < 4.78 is 1.05. The molecule has 9 nitrogen and oxygen atoms in total. The molecule has 0 aliphatic carbocycles. The molecule has 37 heavy (non-hydrogen) atoms. The second-order valence-electron chi connectivity index (χ2n) is 7.76. The molecule has 0 bridgehead atoms. The number of aryl methyl sites for hydroxylation is 1. The van der Waals surface area contributed by atoms with Crippen LogP contribution in [0.25, 0.3) is 10.2 Å². The van der Waals surface area contributed by atoms with Gasteiger partial charge in [0, 0.05) is 11.4 Å². The maximum atomic E-state index is 5.50. The summed E-state index contributed by atoms with van der Waals surface area (Å²) in [6, 6.07) is 25.3. The van der Waals surface area contributed by atoms with E-state index in [0.717, 1.165) is 27.2 Å². The Bertz CT molecular complexity index is 1540. The Morgan fingerprint density at radius 2 is 1.27 bits per heavy atom. The van der Waals surface area contributed by atoms with E-state index in [0.29, 0.717) is 15.4 Å². The molecule has 2 heterocycles. The molecule has 184 valence electrons. The Hall–Kier alpha value is -4.26. The molecule has 0 radical (unpaired) electrons. The minimum absolute atomic E-state index is 0.230. The zero-order chi connectivity index (χ0) is 25.6. The maximum absolute atomic E-state index is 5.50. The summed E-state index contributed by atoms with van der Waals surface area (Å²) in [4.78, 5) is 18.0. The topological polar surface area (TPSA) is 112 Å². The standard InChI is InChI=1S/C25H21N9S3/c1-15-9-5-6-12-17(15)27-24(36)33-21-29-20(32-23(35)26-16-10-3-2-4-11-16)30-22(31-21)34-25-28-18-13-7-8-14-19(18)37-25/h2-14H,1H3,(H5,26,27,28,29,30,31,32,33,34,35,36). The van der Waals surface area contributed by atoms with Gasteiger partial charge in [0.05, 0.1) is 10.2 Å². The van der Waals surface area contributed by atoms with E-state index in [1.54, 1.807) is 0 Å². The van der Waals surface area contributed by atoms with Gasteiger partial charge in [-0.15, -0.1) is 0 Å². The third-order valence-corrected chi connectivity index (χ3v) is 6.38. The zero-order valence-electron chi connectivity index (χ0n) is 19.5. The fourth-order valence-corrected chi connectivity index (χ4v) is 4.59. The van der Waals surface area contributed by atoms with Gasteiger partial charge in [0.25, 0.3) is 0 Å². The zero-order valence-corrected chi connectivity index (χ0v) is 22.0. The van der Waals surface area contributed by atoms with E-state index in [-0.39, 0.29) is 17.8 Å². The minimum Gasteiger partial charge on any atom is -0.332 e. The number of rotatable bonds is 6. The van der Waals surface area contributed by atoms with Gasteiger partial charge in [-0.2, -0.15) is 15.0 Å². The van der Waals surface area contributed by atoms with Gasteiger partial charge in [-0.3, -0.25) is 5.32 Å². The minimum atomic E-state index is 0.230. The number of nitrogens with zero attached hydrogens (tertiary/aromatic N) is 4. The molecule has 5 N–H and O–H groups in total. The molecule has 0 aliphatic rings. The first-order valence-electron chi connectivity index (χ1n) is 11.2. The lowest BCUT2D eigenvalue weighted by Gasteiger charge is -2.14. The third-order valence-electron chi connectivity index (χ3n) is 5.02. The molecule has 0 fully saturated rings. The van der Waals surface area contributed by atoms with Crippen LogP contribution in [0.3, 0.4) is 0 Å². The van der Waals surface area contributed by atoms with Crippen molar-refractivity contribution in [2.45, 2.75) is 6.92 Å². The first-order valence-corrected chi connectivity index (χ1v) is 12.8. The van der Waals surface area contributed by atoms with Crippen LogP contribution >= 0.6 is 35.8 Å². The van der Waals surface area contributed by atoms with Gasteiger partial charge >= 0.3 is 0 Å². The summed E-state index contributed by atoms with van der Waals surface area (Å²) in [5, 5.41) is 16.8. The van der Waals surface area contributed by atoms with Crippen molar-refractivity contribution in [3.8, 4) is 0 Å². The van der Waals surface area contributed by atoms with Crippen LogP contribution in [-0.4, -0.2) is 30.2 Å². The molecule has 0 saturated heterocycles. The van der Waals surface area contributed by atoms with Gasteiger partial charge in [-0.05, 0) is 67.3 Å². The van der Waals surface area contributed by atoms with E-state index < -0.39 is 0 Å². The molecule has 3 aromatic carbocycles. The van der Waals surface area contributed by atoms with Crippen molar-refractivity contribution in [2.24, 2.45) is 0 Å². The summed E-state index contributed by atoms with van der Waals surface area (Å²) in [6.07, 6.45) is 0. The first-order chi connectivity index (χ1) is 18.0. The molecule has 0 unspecified atom stereocenters. The van der Waals surface area contributed by atoms with Gasteiger partial charge in [-0.1, -0.05) is 59.9 Å². The van der Waals surface area contributed by atoms with E-state index in [9.17, 15) is 0 Å². The summed E-state index contributed by atoms with van der Waals surface area (Å²) in [6.45, 7) is 2.00. The highest BCUT2D eigenvalue weighted by molar-refractivity contribution is 7.81. The molecule has 0 saturated carbocycles. The van der Waals surface area contributed by atoms with Crippen LogP contribution in [0.15, 0.2) is 78.9 Å². The second-order valence-corrected chi connectivity index (χ2v) is 9.60. The molecule has 5 aromatic rings. The predicted molar refractivity (Wildman–Crippen MR) is 160 cm³/mol. The van der Waals surface area contributed by atoms with Gasteiger partial charge in [0.15, 0.2) is 15.4 Å². The second kappa shape index (κ2) is 11.2. The Labute approximate surface area is 227 Å². The summed E-state index contributed by atoms with van der Waals surface area (Å²) >= 11 is 12.5. The number of fused-ring (bicyclic) bond motifs is 1. The monoisotopic (exact) mass is 543 g/mol. The largest absolute Gasteiger partial charge is 0.332 e. The SMILES string of the molecule is Cc1ccccc1NC(=S)Nc1nc(NC(=S)Nc2ccccc2)nc(Nc2nc3ccccc3s2)n1. The number of benzene rings is 3. The van der Waals surface area contributed by atoms with Crippen molar-refractivity contribution in [3.05, 3.63) is 84.4 Å². The molecule has 5 rings (SSSR count). The van der Waals surface area contributed by atoms with Gasteiger partial charge < -0.3 is 21.3 Å². The van der Waals surface area contributed by atoms with Crippen molar-refractivity contribution in [1.29, 1.82) is 0 Å². The van der Waals surface area contributed by atoms with Crippen molar-refractivity contribution in [1.82, 2.24) is 19.9 Å². The lowest BCUT2D eigenvalue weighted by Crippen LogP contribution is -2.24. The van der Waals surface area contributed by atoms with Crippen LogP contribution in [0.5, 0.6) is 0 Å².